The Bertz CT molecular complexity index is 663. The van der Waals surface area contributed by atoms with Crippen molar-refractivity contribution >= 4 is 11.7 Å². The average Bonchev–Trinajstić information content (AvgIpc) is 2.91. The van der Waals surface area contributed by atoms with Gasteiger partial charge in [0.15, 0.2) is 0 Å². The fourth-order valence-electron chi connectivity index (χ4n) is 2.71. The largest absolute Gasteiger partial charge is 0.382 e. The molecule has 0 unspecified atom stereocenters. The second-order valence-electron chi connectivity index (χ2n) is 5.09. The molecule has 20 heavy (non-hydrogen) atoms. The van der Waals surface area contributed by atoms with Gasteiger partial charge in [0.2, 0.25) is 0 Å². The number of aromatic nitrogens is 2. The lowest BCUT2D eigenvalue weighted by atomic mass is 10.1. The van der Waals surface area contributed by atoms with Crippen molar-refractivity contribution in [3.8, 4) is 0 Å². The van der Waals surface area contributed by atoms with Crippen LogP contribution in [0.5, 0.6) is 0 Å². The van der Waals surface area contributed by atoms with Gasteiger partial charge in [-0.05, 0) is 17.5 Å². The molecule has 104 valence electrons. The highest BCUT2D eigenvalue weighted by atomic mass is 16.2. The van der Waals surface area contributed by atoms with Crippen molar-refractivity contribution in [2.45, 2.75) is 18.5 Å². The van der Waals surface area contributed by atoms with Crippen LogP contribution in [0.2, 0.25) is 0 Å². The Morgan fingerprint density at radius 3 is 2.85 bits per heavy atom. The van der Waals surface area contributed by atoms with Crippen molar-refractivity contribution in [3.63, 3.8) is 0 Å². The number of nitrogens with two attached hydrogens (primary N) is 2. The molecule has 3 rings (SSSR count). The Balaban J connectivity index is 1.77. The lowest BCUT2D eigenvalue weighted by Gasteiger charge is -2.17. The minimum absolute atomic E-state index is 0.101. The Labute approximate surface area is 116 Å². The van der Waals surface area contributed by atoms with Crippen LogP contribution in [0, 0.1) is 0 Å². The maximum Gasteiger partial charge on any atom is 0.269 e. The number of carbonyl (C=O) groups excluding carboxylic acids is 1. The Hall–Kier alpha value is -2.34. The summed E-state index contributed by atoms with van der Waals surface area (Å²) < 4.78 is 1.47. The number of hydrogen-bond donors (Lipinski definition) is 3. The van der Waals surface area contributed by atoms with E-state index in [2.05, 4.69) is 10.4 Å². The van der Waals surface area contributed by atoms with Gasteiger partial charge in [-0.1, -0.05) is 24.3 Å². The van der Waals surface area contributed by atoms with Crippen molar-refractivity contribution in [3.05, 3.63) is 47.2 Å². The standard InChI is InChI=1S/C14H17N5O/c1-19-11(7-12(15)18-19)14(20)17-10-6-8-4-2-3-5-9(8)13(10)16/h2-5,7,10,13H,6,16H2,1H3,(H2,15,18)(H,17,20)/t10-,13-/m1/s1. The third-order valence-electron chi connectivity index (χ3n) is 3.74. The Morgan fingerprint density at radius 2 is 2.20 bits per heavy atom. The van der Waals surface area contributed by atoms with Crippen LogP contribution in [-0.2, 0) is 13.5 Å². The van der Waals surface area contributed by atoms with Gasteiger partial charge in [0.25, 0.3) is 5.91 Å². The van der Waals surface area contributed by atoms with Crippen LogP contribution in [0.15, 0.2) is 30.3 Å². The lowest BCUT2D eigenvalue weighted by Crippen LogP contribution is -2.41. The topological polar surface area (TPSA) is 99.0 Å². The number of nitrogen functional groups attached to an aromatic ring is 1. The van der Waals surface area contributed by atoms with Crippen molar-refractivity contribution in [2.24, 2.45) is 12.8 Å². The van der Waals surface area contributed by atoms with Crippen LogP contribution >= 0.6 is 0 Å². The zero-order chi connectivity index (χ0) is 14.3. The number of fused-ring (bicyclic) bond motifs is 1. The summed E-state index contributed by atoms with van der Waals surface area (Å²) in [6, 6.07) is 9.28. The summed E-state index contributed by atoms with van der Waals surface area (Å²) in [5.41, 5.74) is 14.5. The van der Waals surface area contributed by atoms with Gasteiger partial charge in [-0.25, -0.2) is 0 Å². The highest BCUT2D eigenvalue weighted by Crippen LogP contribution is 2.29. The fraction of sp³-hybridized carbons (Fsp3) is 0.286. The monoisotopic (exact) mass is 271 g/mol. The molecule has 1 aliphatic rings. The van der Waals surface area contributed by atoms with Gasteiger partial charge in [-0.15, -0.1) is 0 Å². The Morgan fingerprint density at radius 1 is 1.45 bits per heavy atom. The van der Waals surface area contributed by atoms with Crippen LogP contribution in [0.3, 0.4) is 0 Å². The van der Waals surface area contributed by atoms with Crippen molar-refractivity contribution in [1.29, 1.82) is 0 Å². The molecule has 1 amide bonds. The summed E-state index contributed by atoms with van der Waals surface area (Å²) in [4.78, 5) is 12.2. The van der Waals surface area contributed by atoms with Crippen molar-refractivity contribution in [2.75, 3.05) is 5.73 Å². The van der Waals surface area contributed by atoms with Gasteiger partial charge in [0.1, 0.15) is 11.5 Å². The van der Waals surface area contributed by atoms with Crippen molar-refractivity contribution < 1.29 is 4.79 Å². The molecule has 1 aromatic carbocycles. The molecule has 0 saturated heterocycles. The zero-order valence-electron chi connectivity index (χ0n) is 11.2. The molecule has 0 aliphatic heterocycles. The van der Waals surface area contributed by atoms with E-state index < -0.39 is 0 Å². The third kappa shape index (κ3) is 2.04. The van der Waals surface area contributed by atoms with E-state index in [0.717, 1.165) is 12.0 Å². The first-order valence-electron chi connectivity index (χ1n) is 6.50. The van der Waals surface area contributed by atoms with Crippen LogP contribution in [0.4, 0.5) is 5.82 Å². The van der Waals surface area contributed by atoms with E-state index in [0.29, 0.717) is 11.5 Å². The molecule has 0 fully saturated rings. The number of anilines is 1. The molecule has 6 heteroatoms. The molecule has 1 heterocycles. The quantitative estimate of drug-likeness (QED) is 0.734. The Kier molecular flexibility index (Phi) is 2.94. The molecule has 0 saturated carbocycles. The summed E-state index contributed by atoms with van der Waals surface area (Å²) >= 11 is 0. The highest BCUT2D eigenvalue weighted by molar-refractivity contribution is 5.93. The number of aryl methyl sites for hydroxylation is 1. The third-order valence-corrected chi connectivity index (χ3v) is 3.74. The second-order valence-corrected chi connectivity index (χ2v) is 5.09. The predicted molar refractivity (Wildman–Crippen MR) is 75.9 cm³/mol. The minimum atomic E-state index is -0.204. The van der Waals surface area contributed by atoms with Crippen LogP contribution in [0.25, 0.3) is 0 Å². The van der Waals surface area contributed by atoms with Gasteiger partial charge in [0, 0.05) is 13.1 Å². The molecule has 2 aromatic rings. The molecule has 5 N–H and O–H groups in total. The average molecular weight is 271 g/mol. The summed E-state index contributed by atoms with van der Waals surface area (Å²) in [6.07, 6.45) is 0.746. The number of hydrogen-bond acceptors (Lipinski definition) is 4. The van der Waals surface area contributed by atoms with Gasteiger partial charge in [-0.2, -0.15) is 5.10 Å². The maximum absolute atomic E-state index is 12.2. The number of benzene rings is 1. The molecule has 2 atom stereocenters. The van der Waals surface area contributed by atoms with E-state index in [9.17, 15) is 4.79 Å². The molecule has 6 nitrogen and oxygen atoms in total. The first kappa shape index (κ1) is 12.7. The van der Waals surface area contributed by atoms with E-state index >= 15 is 0 Å². The minimum Gasteiger partial charge on any atom is -0.382 e. The number of rotatable bonds is 2. The maximum atomic E-state index is 12.2. The van der Waals surface area contributed by atoms with Crippen LogP contribution in [0.1, 0.15) is 27.7 Å². The normalized spacial score (nSPS) is 20.7. The van der Waals surface area contributed by atoms with Gasteiger partial charge >= 0.3 is 0 Å². The SMILES string of the molecule is Cn1nc(N)cc1C(=O)N[C@@H]1Cc2ccccc2[C@H]1N. The van der Waals surface area contributed by atoms with Gasteiger partial charge in [0.05, 0.1) is 12.1 Å². The van der Waals surface area contributed by atoms with E-state index in [1.54, 1.807) is 13.1 Å². The van der Waals surface area contributed by atoms with Gasteiger partial charge in [-0.3, -0.25) is 9.48 Å². The van der Waals surface area contributed by atoms with E-state index in [4.69, 9.17) is 11.5 Å². The first-order chi connectivity index (χ1) is 9.56. The van der Waals surface area contributed by atoms with E-state index in [-0.39, 0.29) is 18.0 Å². The van der Waals surface area contributed by atoms with Crippen LogP contribution < -0.4 is 16.8 Å². The van der Waals surface area contributed by atoms with Gasteiger partial charge < -0.3 is 16.8 Å². The molecule has 0 bridgehead atoms. The predicted octanol–water partition coefficient (Wildman–Crippen LogP) is 0.357. The second kappa shape index (κ2) is 4.64. The lowest BCUT2D eigenvalue weighted by molar-refractivity contribution is 0.0924. The molecule has 0 spiro atoms. The summed E-state index contributed by atoms with van der Waals surface area (Å²) in [5, 5.41) is 6.93. The highest BCUT2D eigenvalue weighted by Gasteiger charge is 2.31. The summed E-state index contributed by atoms with van der Waals surface area (Å²) in [6.45, 7) is 0. The number of carbonyl (C=O) groups is 1. The summed E-state index contributed by atoms with van der Waals surface area (Å²) in [5.74, 6) is 0.126. The number of nitrogens with one attached hydrogen (secondary N) is 1. The van der Waals surface area contributed by atoms with E-state index in [1.807, 2.05) is 24.3 Å². The number of nitrogens with zero attached hydrogens (tertiary/aromatic N) is 2. The smallest absolute Gasteiger partial charge is 0.269 e. The molecule has 0 radical (unpaired) electrons. The fourth-order valence-corrected chi connectivity index (χ4v) is 2.71. The molecule has 1 aromatic heterocycles. The molecule has 1 aliphatic carbocycles. The molecular weight excluding hydrogens is 254 g/mol. The van der Waals surface area contributed by atoms with E-state index in [1.165, 1.54) is 10.2 Å². The summed E-state index contributed by atoms with van der Waals surface area (Å²) in [7, 11) is 1.69. The molecular formula is C14H17N5O. The zero-order valence-corrected chi connectivity index (χ0v) is 11.2. The van der Waals surface area contributed by atoms with Crippen LogP contribution in [-0.4, -0.2) is 21.7 Å². The first-order valence-corrected chi connectivity index (χ1v) is 6.50. The number of amides is 1. The van der Waals surface area contributed by atoms with Crippen molar-refractivity contribution in [1.82, 2.24) is 15.1 Å².